The van der Waals surface area contributed by atoms with Crippen molar-refractivity contribution < 1.29 is 20.1 Å². The van der Waals surface area contributed by atoms with Gasteiger partial charge in [0.2, 0.25) is 5.95 Å². The third kappa shape index (κ3) is 1.81. The number of rotatable bonds is 2. The quantitative estimate of drug-likeness (QED) is 0.333. The summed E-state index contributed by atoms with van der Waals surface area (Å²) in [5.74, 6) is 0.176. The maximum atomic E-state index is 11.7. The maximum absolute atomic E-state index is 11.7. The van der Waals surface area contributed by atoms with Crippen LogP contribution in [0, 0.1) is 0 Å². The Kier molecular flexibility index (Phi) is 3.01. The van der Waals surface area contributed by atoms with E-state index < -0.39 is 36.7 Å². The van der Waals surface area contributed by atoms with Crippen molar-refractivity contribution in [3.05, 3.63) is 10.4 Å². The van der Waals surface area contributed by atoms with Crippen molar-refractivity contribution in [2.75, 3.05) is 29.2 Å². The van der Waals surface area contributed by atoms with Crippen LogP contribution in [0.25, 0.3) is 0 Å². The Labute approximate surface area is 112 Å². The molecule has 0 spiro atoms. The van der Waals surface area contributed by atoms with Crippen LogP contribution in [0.4, 0.5) is 17.5 Å². The van der Waals surface area contributed by atoms with Crippen LogP contribution in [-0.2, 0) is 4.74 Å². The highest BCUT2D eigenvalue weighted by molar-refractivity contribution is 5.71. The number of hydrogen-bond acceptors (Lipinski definition) is 9. The molecule has 3 rings (SSSR count). The van der Waals surface area contributed by atoms with Crippen LogP contribution in [0.1, 0.15) is 0 Å². The summed E-state index contributed by atoms with van der Waals surface area (Å²) in [5, 5.41) is 31.6. The fourth-order valence-corrected chi connectivity index (χ4v) is 2.43. The first-order valence-corrected chi connectivity index (χ1v) is 6.05. The Bertz CT molecular complexity index is 578. The molecule has 1 fully saturated rings. The number of aromatic amines is 1. The molecule has 4 atom stereocenters. The van der Waals surface area contributed by atoms with E-state index in [1.165, 1.54) is 4.90 Å². The summed E-state index contributed by atoms with van der Waals surface area (Å²) in [7, 11) is 0. The van der Waals surface area contributed by atoms with Gasteiger partial charge in [-0.1, -0.05) is 0 Å². The number of aliphatic hydroxyl groups excluding tert-OH is 3. The normalized spacial score (nSPS) is 32.2. The third-order valence-corrected chi connectivity index (χ3v) is 3.44. The molecule has 2 aliphatic rings. The molecule has 1 aromatic heterocycles. The molecule has 20 heavy (non-hydrogen) atoms. The van der Waals surface area contributed by atoms with E-state index in [0.717, 1.165) is 0 Å². The van der Waals surface area contributed by atoms with Gasteiger partial charge in [-0.05, 0) is 0 Å². The second-order valence-corrected chi connectivity index (χ2v) is 4.68. The van der Waals surface area contributed by atoms with Crippen molar-refractivity contribution in [3.8, 4) is 0 Å². The van der Waals surface area contributed by atoms with Crippen LogP contribution in [0.15, 0.2) is 4.79 Å². The highest BCUT2D eigenvalue weighted by Crippen LogP contribution is 2.33. The number of nitrogens with zero attached hydrogens (tertiary/aromatic N) is 2. The second kappa shape index (κ2) is 4.59. The largest absolute Gasteiger partial charge is 0.394 e. The van der Waals surface area contributed by atoms with E-state index in [0.29, 0.717) is 0 Å². The standard InChI is InChI=1S/C10H15N5O5/c11-10-13-7-4(8(19)14-10)12-2-15(7)9-6(18)5(17)3(1-16)20-9/h3,5-6,9,12,16-18H,1-2H2,(H3,11,13,14,19)/t3-,5-,6-,9?/m0/s1. The minimum atomic E-state index is -1.23. The zero-order valence-electron chi connectivity index (χ0n) is 10.4. The molecule has 2 aliphatic heterocycles. The highest BCUT2D eigenvalue weighted by atomic mass is 16.6. The van der Waals surface area contributed by atoms with Gasteiger partial charge in [0.25, 0.3) is 5.56 Å². The van der Waals surface area contributed by atoms with E-state index in [4.69, 9.17) is 15.6 Å². The Morgan fingerprint density at radius 2 is 2.20 bits per heavy atom. The van der Waals surface area contributed by atoms with Gasteiger partial charge < -0.3 is 36.0 Å². The lowest BCUT2D eigenvalue weighted by molar-refractivity contribution is -0.0219. The number of aromatic nitrogens is 2. The van der Waals surface area contributed by atoms with Gasteiger partial charge in [-0.25, -0.2) is 0 Å². The van der Waals surface area contributed by atoms with Gasteiger partial charge in [-0.2, -0.15) is 4.98 Å². The van der Waals surface area contributed by atoms with Crippen molar-refractivity contribution in [1.29, 1.82) is 0 Å². The van der Waals surface area contributed by atoms with Gasteiger partial charge in [-0.3, -0.25) is 9.78 Å². The first-order valence-electron chi connectivity index (χ1n) is 6.05. The fraction of sp³-hybridized carbons (Fsp3) is 0.600. The summed E-state index contributed by atoms with van der Waals surface area (Å²) in [4.78, 5) is 19.5. The lowest BCUT2D eigenvalue weighted by Gasteiger charge is -2.26. The van der Waals surface area contributed by atoms with Crippen LogP contribution >= 0.6 is 0 Å². The fourth-order valence-electron chi connectivity index (χ4n) is 2.43. The number of anilines is 3. The molecule has 110 valence electrons. The number of hydrogen-bond donors (Lipinski definition) is 6. The van der Waals surface area contributed by atoms with E-state index in [-0.39, 0.29) is 24.1 Å². The molecular weight excluding hydrogens is 270 g/mol. The molecule has 7 N–H and O–H groups in total. The van der Waals surface area contributed by atoms with Crippen LogP contribution in [0.2, 0.25) is 0 Å². The van der Waals surface area contributed by atoms with E-state index in [1.54, 1.807) is 0 Å². The molecule has 3 heterocycles. The van der Waals surface area contributed by atoms with Gasteiger partial charge in [0.15, 0.2) is 12.0 Å². The summed E-state index contributed by atoms with van der Waals surface area (Å²) >= 11 is 0. The molecule has 1 aromatic rings. The van der Waals surface area contributed by atoms with Crippen LogP contribution in [0.3, 0.4) is 0 Å². The predicted molar refractivity (Wildman–Crippen MR) is 68.0 cm³/mol. The summed E-state index contributed by atoms with van der Waals surface area (Å²) in [6, 6.07) is 0. The number of H-pyrrole nitrogens is 1. The van der Waals surface area contributed by atoms with E-state index in [9.17, 15) is 15.0 Å². The van der Waals surface area contributed by atoms with Crippen molar-refractivity contribution in [3.63, 3.8) is 0 Å². The molecule has 0 radical (unpaired) electrons. The molecule has 10 nitrogen and oxygen atoms in total. The van der Waals surface area contributed by atoms with Crippen LogP contribution in [0.5, 0.6) is 0 Å². The van der Waals surface area contributed by atoms with Gasteiger partial charge in [0.1, 0.15) is 24.0 Å². The highest BCUT2D eigenvalue weighted by Gasteiger charge is 2.47. The van der Waals surface area contributed by atoms with Gasteiger partial charge in [0.05, 0.1) is 13.3 Å². The Morgan fingerprint density at radius 1 is 1.45 bits per heavy atom. The van der Waals surface area contributed by atoms with Crippen molar-refractivity contribution >= 4 is 17.5 Å². The third-order valence-electron chi connectivity index (χ3n) is 3.44. The first-order chi connectivity index (χ1) is 9.52. The number of aliphatic hydroxyl groups is 3. The average molecular weight is 285 g/mol. The Morgan fingerprint density at radius 3 is 2.85 bits per heavy atom. The number of nitrogens with one attached hydrogen (secondary N) is 2. The summed E-state index contributed by atoms with van der Waals surface area (Å²) in [6.45, 7) is -0.255. The molecule has 0 aromatic carbocycles. The van der Waals surface area contributed by atoms with E-state index in [2.05, 4.69) is 15.3 Å². The second-order valence-electron chi connectivity index (χ2n) is 4.68. The van der Waals surface area contributed by atoms with Crippen LogP contribution in [-0.4, -0.2) is 63.1 Å². The smallest absolute Gasteiger partial charge is 0.277 e. The zero-order chi connectivity index (χ0) is 14.4. The predicted octanol–water partition coefficient (Wildman–Crippen LogP) is -3.02. The zero-order valence-corrected chi connectivity index (χ0v) is 10.4. The minimum absolute atomic E-state index is 0.0609. The van der Waals surface area contributed by atoms with Crippen molar-refractivity contribution in [1.82, 2.24) is 9.97 Å². The Hall–Kier alpha value is -1.88. The first kappa shape index (κ1) is 13.1. The molecule has 1 saturated heterocycles. The van der Waals surface area contributed by atoms with Crippen molar-refractivity contribution in [2.45, 2.75) is 24.5 Å². The number of ether oxygens (including phenoxy) is 1. The Balaban J connectivity index is 1.94. The molecule has 10 heteroatoms. The summed E-state index contributed by atoms with van der Waals surface area (Å²) in [5.41, 5.74) is 5.28. The summed E-state index contributed by atoms with van der Waals surface area (Å²) in [6.07, 6.45) is -4.27. The molecular formula is C10H15N5O5. The lowest BCUT2D eigenvalue weighted by atomic mass is 10.1. The average Bonchev–Trinajstić information content (AvgIpc) is 2.93. The van der Waals surface area contributed by atoms with E-state index >= 15 is 0 Å². The van der Waals surface area contributed by atoms with Gasteiger partial charge in [0, 0.05) is 0 Å². The maximum Gasteiger partial charge on any atom is 0.277 e. The molecule has 0 saturated carbocycles. The van der Waals surface area contributed by atoms with E-state index in [1.807, 2.05) is 0 Å². The number of nitrogen functional groups attached to an aromatic ring is 1. The summed E-state index contributed by atoms with van der Waals surface area (Å²) < 4.78 is 5.40. The topological polar surface area (TPSA) is 157 Å². The van der Waals surface area contributed by atoms with Gasteiger partial charge >= 0.3 is 0 Å². The lowest BCUT2D eigenvalue weighted by Crippen LogP contribution is -2.44. The SMILES string of the molecule is Nc1nc2c(c(=O)[nH]1)NCN2C1O[C@@H](CO)[C@H](O)[C@@H]1O. The molecule has 0 amide bonds. The monoisotopic (exact) mass is 285 g/mol. The number of fused-ring (bicyclic) bond motifs is 1. The van der Waals surface area contributed by atoms with Crippen LogP contribution < -0.4 is 21.5 Å². The number of nitrogens with two attached hydrogens (primary N) is 1. The molecule has 1 unspecified atom stereocenters. The van der Waals surface area contributed by atoms with Crippen molar-refractivity contribution in [2.24, 2.45) is 0 Å². The minimum Gasteiger partial charge on any atom is -0.394 e. The molecule has 0 bridgehead atoms. The van der Waals surface area contributed by atoms with Gasteiger partial charge in [-0.15, -0.1) is 0 Å². The molecule has 0 aliphatic carbocycles.